The molecule has 0 heterocycles. The number of phenolic OH excluding ortho intramolecular Hbond substituents is 1. The SMILES string of the molecule is CCC(C)C(N)C(=O)NC(Cc1ccc(O)cc1)C(=O)NC(CC(C)C)C(=O)NCC(=O)O. The molecule has 10 heteroatoms. The number of nitrogens with one attached hydrogen (secondary N) is 3. The number of carboxylic acids is 1. The van der Waals surface area contributed by atoms with Crippen LogP contribution >= 0.6 is 0 Å². The zero-order valence-corrected chi connectivity index (χ0v) is 19.6. The van der Waals surface area contributed by atoms with Gasteiger partial charge < -0.3 is 31.9 Å². The summed E-state index contributed by atoms with van der Waals surface area (Å²) in [6.45, 7) is 6.91. The smallest absolute Gasteiger partial charge is 0.322 e. The molecule has 0 bridgehead atoms. The average molecular weight is 465 g/mol. The zero-order chi connectivity index (χ0) is 25.1. The van der Waals surface area contributed by atoms with Crippen LogP contribution in [-0.2, 0) is 25.6 Å². The van der Waals surface area contributed by atoms with E-state index < -0.39 is 48.4 Å². The molecule has 0 aliphatic carbocycles. The standard InChI is InChI=1S/C23H36N4O6/c1-5-14(4)20(24)23(33)27-18(11-15-6-8-16(28)9-7-15)22(32)26-17(10-13(2)3)21(31)25-12-19(29)30/h6-9,13-14,17-18,20,28H,5,10-12,24H2,1-4H3,(H,25,31)(H,26,32)(H,27,33)(H,29,30). The molecule has 0 fully saturated rings. The third kappa shape index (κ3) is 9.90. The number of phenols is 1. The number of carbonyl (C=O) groups is 4. The predicted molar refractivity (Wildman–Crippen MR) is 123 cm³/mol. The minimum atomic E-state index is -1.20. The Hall–Kier alpha value is -3.14. The maximum absolute atomic E-state index is 13.1. The third-order valence-corrected chi connectivity index (χ3v) is 5.32. The van der Waals surface area contributed by atoms with E-state index in [0.29, 0.717) is 12.0 Å². The molecule has 0 radical (unpaired) electrons. The number of aliphatic carboxylic acids is 1. The van der Waals surface area contributed by atoms with E-state index in [-0.39, 0.29) is 30.4 Å². The third-order valence-electron chi connectivity index (χ3n) is 5.32. The van der Waals surface area contributed by atoms with Crippen LogP contribution in [0.2, 0.25) is 0 Å². The van der Waals surface area contributed by atoms with Crippen molar-refractivity contribution in [1.82, 2.24) is 16.0 Å². The summed E-state index contributed by atoms with van der Waals surface area (Å²) in [5.74, 6) is -2.90. The highest BCUT2D eigenvalue weighted by Crippen LogP contribution is 2.13. The van der Waals surface area contributed by atoms with E-state index in [1.54, 1.807) is 12.1 Å². The van der Waals surface area contributed by atoms with Crippen molar-refractivity contribution < 1.29 is 29.4 Å². The number of carbonyl (C=O) groups excluding carboxylic acids is 3. The molecule has 0 saturated carbocycles. The number of amides is 3. The summed E-state index contributed by atoms with van der Waals surface area (Å²) >= 11 is 0. The molecule has 0 aromatic heterocycles. The van der Waals surface area contributed by atoms with Gasteiger partial charge in [0, 0.05) is 6.42 Å². The normalized spacial score (nSPS) is 14.6. The lowest BCUT2D eigenvalue weighted by molar-refractivity contribution is -0.138. The van der Waals surface area contributed by atoms with E-state index in [2.05, 4.69) is 16.0 Å². The number of carboxylic acid groups (broad SMARTS) is 1. The maximum atomic E-state index is 13.1. The lowest BCUT2D eigenvalue weighted by atomic mass is 9.97. The Balaban J connectivity index is 3.07. The Morgan fingerprint density at radius 1 is 0.939 bits per heavy atom. The lowest BCUT2D eigenvalue weighted by Crippen LogP contribution is -2.57. The fraction of sp³-hybridized carbons (Fsp3) is 0.565. The first kappa shape index (κ1) is 27.9. The molecule has 10 nitrogen and oxygen atoms in total. The summed E-state index contributed by atoms with van der Waals surface area (Å²) in [4.78, 5) is 49.1. The topological polar surface area (TPSA) is 171 Å². The Bertz CT molecular complexity index is 812. The van der Waals surface area contributed by atoms with Crippen molar-refractivity contribution in [3.63, 3.8) is 0 Å². The molecule has 0 saturated heterocycles. The summed E-state index contributed by atoms with van der Waals surface area (Å²) in [5.41, 5.74) is 6.70. The van der Waals surface area contributed by atoms with Gasteiger partial charge in [-0.2, -0.15) is 0 Å². The Morgan fingerprint density at radius 2 is 1.52 bits per heavy atom. The molecule has 0 aliphatic rings. The molecule has 4 unspecified atom stereocenters. The molecule has 3 amide bonds. The van der Waals surface area contributed by atoms with Gasteiger partial charge in [-0.05, 0) is 36.0 Å². The van der Waals surface area contributed by atoms with Crippen molar-refractivity contribution in [1.29, 1.82) is 0 Å². The molecular weight excluding hydrogens is 428 g/mol. The van der Waals surface area contributed by atoms with Gasteiger partial charge in [0.2, 0.25) is 17.7 Å². The van der Waals surface area contributed by atoms with E-state index >= 15 is 0 Å². The van der Waals surface area contributed by atoms with Crippen LogP contribution in [0.25, 0.3) is 0 Å². The number of aromatic hydroxyl groups is 1. The van der Waals surface area contributed by atoms with Crippen LogP contribution in [0.3, 0.4) is 0 Å². The van der Waals surface area contributed by atoms with Crippen molar-refractivity contribution in [3.05, 3.63) is 29.8 Å². The number of rotatable bonds is 13. The minimum Gasteiger partial charge on any atom is -0.508 e. The van der Waals surface area contributed by atoms with E-state index in [1.807, 2.05) is 27.7 Å². The van der Waals surface area contributed by atoms with Crippen LogP contribution < -0.4 is 21.7 Å². The second kappa shape index (κ2) is 13.4. The van der Waals surface area contributed by atoms with Gasteiger partial charge in [0.15, 0.2) is 0 Å². The fourth-order valence-electron chi connectivity index (χ4n) is 3.12. The average Bonchev–Trinajstić information content (AvgIpc) is 2.76. The molecule has 33 heavy (non-hydrogen) atoms. The van der Waals surface area contributed by atoms with Crippen LogP contribution in [0.4, 0.5) is 0 Å². The molecule has 1 rings (SSSR count). The van der Waals surface area contributed by atoms with E-state index in [1.165, 1.54) is 12.1 Å². The molecule has 0 spiro atoms. The molecule has 184 valence electrons. The van der Waals surface area contributed by atoms with E-state index in [0.717, 1.165) is 0 Å². The second-order valence-electron chi connectivity index (χ2n) is 8.65. The van der Waals surface area contributed by atoms with Crippen molar-refractivity contribution in [3.8, 4) is 5.75 Å². The van der Waals surface area contributed by atoms with Gasteiger partial charge in [-0.25, -0.2) is 0 Å². The van der Waals surface area contributed by atoms with Crippen LogP contribution in [0.1, 0.15) is 46.1 Å². The summed E-state index contributed by atoms with van der Waals surface area (Å²) in [6.07, 6.45) is 1.07. The first-order chi connectivity index (χ1) is 15.4. The van der Waals surface area contributed by atoms with Crippen molar-refractivity contribution >= 4 is 23.7 Å². The Labute approximate surface area is 194 Å². The van der Waals surface area contributed by atoms with Crippen molar-refractivity contribution in [2.45, 2.75) is 65.1 Å². The van der Waals surface area contributed by atoms with Gasteiger partial charge in [0.1, 0.15) is 24.4 Å². The highest BCUT2D eigenvalue weighted by atomic mass is 16.4. The Morgan fingerprint density at radius 3 is 2.03 bits per heavy atom. The van der Waals surface area contributed by atoms with Crippen molar-refractivity contribution in [2.24, 2.45) is 17.6 Å². The molecule has 4 atom stereocenters. The van der Waals surface area contributed by atoms with Gasteiger partial charge in [-0.1, -0.05) is 46.2 Å². The van der Waals surface area contributed by atoms with E-state index in [9.17, 15) is 24.3 Å². The Kier molecular flexibility index (Phi) is 11.3. The summed E-state index contributed by atoms with van der Waals surface area (Å²) in [5, 5.41) is 25.9. The van der Waals surface area contributed by atoms with Gasteiger partial charge in [-0.15, -0.1) is 0 Å². The molecule has 7 N–H and O–H groups in total. The largest absolute Gasteiger partial charge is 0.508 e. The number of hydrogen-bond donors (Lipinski definition) is 6. The van der Waals surface area contributed by atoms with Gasteiger partial charge in [0.25, 0.3) is 0 Å². The number of hydrogen-bond acceptors (Lipinski definition) is 6. The quantitative estimate of drug-likeness (QED) is 0.247. The highest BCUT2D eigenvalue weighted by Gasteiger charge is 2.30. The van der Waals surface area contributed by atoms with Crippen LogP contribution in [0.5, 0.6) is 5.75 Å². The van der Waals surface area contributed by atoms with Crippen LogP contribution in [0.15, 0.2) is 24.3 Å². The maximum Gasteiger partial charge on any atom is 0.322 e. The zero-order valence-electron chi connectivity index (χ0n) is 19.6. The van der Waals surface area contributed by atoms with Crippen LogP contribution in [0, 0.1) is 11.8 Å². The van der Waals surface area contributed by atoms with Crippen molar-refractivity contribution in [2.75, 3.05) is 6.54 Å². The first-order valence-corrected chi connectivity index (χ1v) is 11.1. The summed E-state index contributed by atoms with van der Waals surface area (Å²) in [7, 11) is 0. The minimum absolute atomic E-state index is 0.0369. The lowest BCUT2D eigenvalue weighted by Gasteiger charge is -2.26. The summed E-state index contributed by atoms with van der Waals surface area (Å²) in [6, 6.07) is 3.38. The van der Waals surface area contributed by atoms with E-state index in [4.69, 9.17) is 10.8 Å². The van der Waals surface area contributed by atoms with Gasteiger partial charge in [-0.3, -0.25) is 19.2 Å². The van der Waals surface area contributed by atoms with Gasteiger partial charge in [0.05, 0.1) is 6.04 Å². The highest BCUT2D eigenvalue weighted by molar-refractivity contribution is 5.93. The first-order valence-electron chi connectivity index (χ1n) is 11.1. The predicted octanol–water partition coefficient (Wildman–Crippen LogP) is 0.525. The van der Waals surface area contributed by atoms with Crippen LogP contribution in [-0.4, -0.2) is 58.6 Å². The summed E-state index contributed by atoms with van der Waals surface area (Å²) < 4.78 is 0. The molecular formula is C23H36N4O6. The molecule has 0 aliphatic heterocycles. The monoisotopic (exact) mass is 464 g/mol. The van der Waals surface area contributed by atoms with Gasteiger partial charge >= 0.3 is 5.97 Å². The number of benzene rings is 1. The second-order valence-corrected chi connectivity index (χ2v) is 8.65. The fourth-order valence-corrected chi connectivity index (χ4v) is 3.12. The number of nitrogens with two attached hydrogens (primary N) is 1. The molecule has 1 aromatic carbocycles. The molecule has 1 aromatic rings.